The zero-order valence-corrected chi connectivity index (χ0v) is 10.8. The molecule has 5 heteroatoms. The van der Waals surface area contributed by atoms with Crippen LogP contribution < -0.4 is 5.32 Å². The number of rotatable bonds is 4. The van der Waals surface area contributed by atoms with Crippen LogP contribution >= 0.6 is 0 Å². The first-order chi connectivity index (χ1) is 9.20. The van der Waals surface area contributed by atoms with Gasteiger partial charge in [-0.15, -0.1) is 0 Å². The van der Waals surface area contributed by atoms with E-state index in [1.165, 1.54) is 0 Å². The number of alkyl carbamates (subject to hydrolysis) is 1. The van der Waals surface area contributed by atoms with Crippen molar-refractivity contribution in [2.75, 3.05) is 6.61 Å². The molecular formula is C14H17NO4. The van der Waals surface area contributed by atoms with Gasteiger partial charge in [0.05, 0.1) is 12.0 Å². The number of carbonyl (C=O) groups excluding carboxylic acids is 2. The van der Waals surface area contributed by atoms with Gasteiger partial charge in [0.1, 0.15) is 13.2 Å². The second kappa shape index (κ2) is 6.22. The van der Waals surface area contributed by atoms with Crippen LogP contribution in [0.3, 0.4) is 0 Å². The predicted molar refractivity (Wildman–Crippen MR) is 68.3 cm³/mol. The molecule has 0 saturated carbocycles. The molecule has 1 N–H and O–H groups in total. The van der Waals surface area contributed by atoms with Gasteiger partial charge in [-0.25, -0.2) is 4.79 Å². The Kier molecular flexibility index (Phi) is 4.39. The first kappa shape index (κ1) is 13.4. The minimum Gasteiger partial charge on any atom is -0.463 e. The molecular weight excluding hydrogens is 246 g/mol. The van der Waals surface area contributed by atoms with Crippen molar-refractivity contribution >= 4 is 12.1 Å². The molecule has 1 aliphatic rings. The molecule has 1 aromatic carbocycles. The van der Waals surface area contributed by atoms with Crippen LogP contribution in [0.1, 0.15) is 18.9 Å². The zero-order valence-electron chi connectivity index (χ0n) is 10.8. The molecule has 1 fully saturated rings. The van der Waals surface area contributed by atoms with E-state index in [0.717, 1.165) is 5.56 Å². The maximum absolute atomic E-state index is 11.6. The Balaban J connectivity index is 1.80. The fourth-order valence-electron chi connectivity index (χ4n) is 2.07. The molecule has 1 unspecified atom stereocenters. The Morgan fingerprint density at radius 3 is 2.84 bits per heavy atom. The lowest BCUT2D eigenvalue weighted by molar-refractivity contribution is -0.141. The van der Waals surface area contributed by atoms with E-state index in [0.29, 0.717) is 6.42 Å². The highest BCUT2D eigenvalue weighted by Gasteiger charge is 2.36. The van der Waals surface area contributed by atoms with E-state index in [1.807, 2.05) is 37.3 Å². The summed E-state index contributed by atoms with van der Waals surface area (Å²) in [6, 6.07) is 9.13. The lowest BCUT2D eigenvalue weighted by Gasteiger charge is -2.15. The Labute approximate surface area is 111 Å². The van der Waals surface area contributed by atoms with Crippen LogP contribution in [-0.2, 0) is 20.9 Å². The van der Waals surface area contributed by atoms with Crippen LogP contribution in [0.2, 0.25) is 0 Å². The standard InChI is InChI=1S/C14H17NO4/c1-2-11-12(9-18-13(11)16)15-14(17)19-8-10-6-4-3-5-7-10/h3-7,11-12H,2,8-9H2,1H3,(H,15,17)/t11?,12-/m1/s1. The van der Waals surface area contributed by atoms with Gasteiger partial charge in [-0.1, -0.05) is 37.3 Å². The summed E-state index contributed by atoms with van der Waals surface area (Å²) in [5.74, 6) is -0.528. The summed E-state index contributed by atoms with van der Waals surface area (Å²) in [5.41, 5.74) is 0.920. The van der Waals surface area contributed by atoms with Crippen molar-refractivity contribution in [2.45, 2.75) is 26.0 Å². The second-order valence-electron chi connectivity index (χ2n) is 4.46. The van der Waals surface area contributed by atoms with Gasteiger partial charge < -0.3 is 14.8 Å². The Morgan fingerprint density at radius 2 is 2.16 bits per heavy atom. The summed E-state index contributed by atoms with van der Waals surface area (Å²) in [7, 11) is 0. The minimum absolute atomic E-state index is 0.213. The van der Waals surface area contributed by atoms with Crippen molar-refractivity contribution in [2.24, 2.45) is 5.92 Å². The third kappa shape index (κ3) is 3.47. The van der Waals surface area contributed by atoms with E-state index < -0.39 is 6.09 Å². The zero-order chi connectivity index (χ0) is 13.7. The summed E-state index contributed by atoms with van der Waals surface area (Å²) in [5, 5.41) is 2.67. The van der Waals surface area contributed by atoms with E-state index in [2.05, 4.69) is 5.32 Å². The number of hydrogen-bond acceptors (Lipinski definition) is 4. The maximum atomic E-state index is 11.6. The summed E-state index contributed by atoms with van der Waals surface area (Å²) in [4.78, 5) is 23.0. The highest BCUT2D eigenvalue weighted by Crippen LogP contribution is 2.18. The van der Waals surface area contributed by atoms with Gasteiger partial charge in [0, 0.05) is 0 Å². The molecule has 19 heavy (non-hydrogen) atoms. The van der Waals surface area contributed by atoms with Gasteiger partial charge in [0.25, 0.3) is 0 Å². The average molecular weight is 263 g/mol. The van der Waals surface area contributed by atoms with E-state index >= 15 is 0 Å². The fraction of sp³-hybridized carbons (Fsp3) is 0.429. The van der Waals surface area contributed by atoms with Gasteiger partial charge in [-0.05, 0) is 12.0 Å². The maximum Gasteiger partial charge on any atom is 0.407 e. The number of esters is 1. The summed E-state index contributed by atoms with van der Waals surface area (Å²) in [6.45, 7) is 2.32. The predicted octanol–water partition coefficient (Wildman–Crippen LogP) is 1.86. The third-order valence-corrected chi connectivity index (χ3v) is 3.15. The Hall–Kier alpha value is -2.04. The second-order valence-corrected chi connectivity index (χ2v) is 4.46. The van der Waals surface area contributed by atoms with Crippen LogP contribution in [0.25, 0.3) is 0 Å². The number of hydrogen-bond donors (Lipinski definition) is 1. The van der Waals surface area contributed by atoms with Crippen LogP contribution in [0.5, 0.6) is 0 Å². The van der Waals surface area contributed by atoms with Crippen molar-refractivity contribution in [1.82, 2.24) is 5.32 Å². The van der Waals surface area contributed by atoms with Crippen molar-refractivity contribution in [3.05, 3.63) is 35.9 Å². The molecule has 0 radical (unpaired) electrons. The van der Waals surface area contributed by atoms with E-state index in [1.54, 1.807) is 0 Å². The van der Waals surface area contributed by atoms with Crippen LogP contribution in [0.4, 0.5) is 4.79 Å². The van der Waals surface area contributed by atoms with Gasteiger partial charge in [0.2, 0.25) is 0 Å². The fourth-order valence-corrected chi connectivity index (χ4v) is 2.07. The van der Waals surface area contributed by atoms with Crippen molar-refractivity contribution in [3.63, 3.8) is 0 Å². The third-order valence-electron chi connectivity index (χ3n) is 3.15. The number of nitrogens with one attached hydrogen (secondary N) is 1. The number of benzene rings is 1. The summed E-state index contributed by atoms with van der Waals surface area (Å²) >= 11 is 0. The Bertz CT molecular complexity index is 446. The SMILES string of the molecule is CCC1C(=O)OC[C@H]1NC(=O)OCc1ccccc1. The van der Waals surface area contributed by atoms with Gasteiger partial charge in [-0.2, -0.15) is 0 Å². The number of carbonyl (C=O) groups is 2. The van der Waals surface area contributed by atoms with Gasteiger partial charge >= 0.3 is 12.1 Å². The number of ether oxygens (including phenoxy) is 2. The molecule has 0 aromatic heterocycles. The van der Waals surface area contributed by atoms with Crippen molar-refractivity contribution in [1.29, 1.82) is 0 Å². The molecule has 1 aromatic rings. The lowest BCUT2D eigenvalue weighted by atomic mass is 10.0. The van der Waals surface area contributed by atoms with Crippen LogP contribution in [0, 0.1) is 5.92 Å². The highest BCUT2D eigenvalue weighted by atomic mass is 16.6. The molecule has 0 bridgehead atoms. The van der Waals surface area contributed by atoms with E-state index in [4.69, 9.17) is 9.47 Å². The van der Waals surface area contributed by atoms with Gasteiger partial charge in [-0.3, -0.25) is 4.79 Å². The monoisotopic (exact) mass is 263 g/mol. The molecule has 2 atom stereocenters. The molecule has 102 valence electrons. The van der Waals surface area contributed by atoms with Crippen molar-refractivity contribution in [3.8, 4) is 0 Å². The van der Waals surface area contributed by atoms with Crippen molar-refractivity contribution < 1.29 is 19.1 Å². The first-order valence-electron chi connectivity index (χ1n) is 6.34. The Morgan fingerprint density at radius 1 is 1.42 bits per heavy atom. The quantitative estimate of drug-likeness (QED) is 0.842. The number of amides is 1. The molecule has 1 saturated heterocycles. The average Bonchev–Trinajstić information content (AvgIpc) is 2.78. The molecule has 0 aliphatic carbocycles. The minimum atomic E-state index is -0.523. The first-order valence-corrected chi connectivity index (χ1v) is 6.34. The highest BCUT2D eigenvalue weighted by molar-refractivity contribution is 5.77. The molecule has 1 aliphatic heterocycles. The topological polar surface area (TPSA) is 64.6 Å². The van der Waals surface area contributed by atoms with Crippen LogP contribution in [0.15, 0.2) is 30.3 Å². The smallest absolute Gasteiger partial charge is 0.407 e. The van der Waals surface area contributed by atoms with Crippen LogP contribution in [-0.4, -0.2) is 24.7 Å². The van der Waals surface area contributed by atoms with E-state index in [9.17, 15) is 9.59 Å². The normalized spacial score (nSPS) is 21.8. The lowest BCUT2D eigenvalue weighted by Crippen LogP contribution is -2.40. The molecule has 1 amide bonds. The number of cyclic esters (lactones) is 1. The van der Waals surface area contributed by atoms with Gasteiger partial charge in [0.15, 0.2) is 0 Å². The molecule has 2 rings (SSSR count). The molecule has 5 nitrogen and oxygen atoms in total. The summed E-state index contributed by atoms with van der Waals surface area (Å²) < 4.78 is 10.0. The van der Waals surface area contributed by atoms with E-state index in [-0.39, 0.29) is 31.1 Å². The summed E-state index contributed by atoms with van der Waals surface area (Å²) in [6.07, 6.45) is 0.119. The molecule has 1 heterocycles. The largest absolute Gasteiger partial charge is 0.463 e. The molecule has 0 spiro atoms.